The van der Waals surface area contributed by atoms with Gasteiger partial charge in [-0.3, -0.25) is 4.79 Å². The summed E-state index contributed by atoms with van der Waals surface area (Å²) in [5.74, 6) is 0.194. The number of amides is 1. The zero-order valence-electron chi connectivity index (χ0n) is 13.2. The van der Waals surface area contributed by atoms with Crippen LogP contribution in [0.5, 0.6) is 0 Å². The maximum Gasteiger partial charge on any atom is 0.224 e. The summed E-state index contributed by atoms with van der Waals surface area (Å²) < 4.78 is 13.0. The lowest BCUT2D eigenvalue weighted by Gasteiger charge is -2.22. The van der Waals surface area contributed by atoms with Gasteiger partial charge in [-0.1, -0.05) is 23.7 Å². The monoisotopic (exact) mass is 348 g/mol. The predicted octanol–water partition coefficient (Wildman–Crippen LogP) is 3.44. The molecule has 1 aromatic carbocycles. The summed E-state index contributed by atoms with van der Waals surface area (Å²) >= 11 is 6.11. The van der Waals surface area contributed by atoms with E-state index in [1.807, 2.05) is 6.92 Å². The molecule has 1 aliphatic rings. The Morgan fingerprint density at radius 1 is 1.33 bits per heavy atom. The third-order valence-electron chi connectivity index (χ3n) is 4.10. The Kier molecular flexibility index (Phi) is 4.94. The number of hydrogen-bond donors (Lipinski definition) is 2. The van der Waals surface area contributed by atoms with Gasteiger partial charge in [0.15, 0.2) is 0 Å². The number of anilines is 1. The molecule has 2 aromatic rings. The Hall–Kier alpha value is -2.21. The number of aromatic nitrogens is 2. The van der Waals surface area contributed by atoms with Crippen LogP contribution in [0.3, 0.4) is 0 Å². The van der Waals surface area contributed by atoms with Crippen molar-refractivity contribution in [2.75, 3.05) is 11.9 Å². The van der Waals surface area contributed by atoms with Gasteiger partial charge in [-0.15, -0.1) is 0 Å². The van der Waals surface area contributed by atoms with E-state index in [0.717, 1.165) is 17.7 Å². The Morgan fingerprint density at radius 2 is 2.08 bits per heavy atom. The number of benzene rings is 1. The molecule has 1 fully saturated rings. The molecule has 1 aliphatic heterocycles. The highest BCUT2D eigenvalue weighted by atomic mass is 35.5. The van der Waals surface area contributed by atoms with Crippen molar-refractivity contribution < 1.29 is 9.18 Å². The molecule has 126 valence electrons. The smallest absolute Gasteiger partial charge is 0.224 e. The van der Waals surface area contributed by atoms with Gasteiger partial charge in [-0.2, -0.15) is 0 Å². The fraction of sp³-hybridized carbons (Fsp3) is 0.353. The molecule has 24 heavy (non-hydrogen) atoms. The number of carbonyl (C=O) groups is 1. The molecule has 0 spiro atoms. The molecule has 1 amide bonds. The summed E-state index contributed by atoms with van der Waals surface area (Å²) in [5, 5.41) is 6.32. The number of piperidine rings is 1. The van der Waals surface area contributed by atoms with Crippen molar-refractivity contribution in [2.45, 2.75) is 31.7 Å². The fourth-order valence-corrected chi connectivity index (χ4v) is 2.97. The molecular formula is C17H18ClFN4O. The normalized spacial score (nSPS) is 18.8. The van der Waals surface area contributed by atoms with Gasteiger partial charge in [0.05, 0.1) is 11.7 Å². The molecule has 2 atom stereocenters. The first-order valence-corrected chi connectivity index (χ1v) is 8.22. The van der Waals surface area contributed by atoms with Crippen LogP contribution in [0.1, 0.15) is 43.0 Å². The molecule has 0 saturated carbocycles. The van der Waals surface area contributed by atoms with Crippen molar-refractivity contribution >= 4 is 23.5 Å². The van der Waals surface area contributed by atoms with E-state index in [1.54, 1.807) is 18.2 Å². The largest absolute Gasteiger partial charge is 0.356 e. The molecule has 0 aliphatic carbocycles. The van der Waals surface area contributed by atoms with E-state index in [-0.39, 0.29) is 23.7 Å². The van der Waals surface area contributed by atoms with E-state index in [0.29, 0.717) is 24.1 Å². The highest BCUT2D eigenvalue weighted by molar-refractivity contribution is 6.29. The van der Waals surface area contributed by atoms with Crippen LogP contribution in [0.4, 0.5) is 10.3 Å². The van der Waals surface area contributed by atoms with Crippen LogP contribution in [0.2, 0.25) is 5.15 Å². The highest BCUT2D eigenvalue weighted by Crippen LogP contribution is 2.27. The van der Waals surface area contributed by atoms with Crippen LogP contribution in [-0.2, 0) is 4.79 Å². The van der Waals surface area contributed by atoms with Crippen LogP contribution >= 0.6 is 11.6 Å². The van der Waals surface area contributed by atoms with E-state index in [4.69, 9.17) is 11.6 Å². The summed E-state index contributed by atoms with van der Waals surface area (Å²) in [6.07, 6.45) is 1.23. The molecule has 3 rings (SSSR count). The minimum Gasteiger partial charge on any atom is -0.356 e. The molecule has 1 aromatic heterocycles. The van der Waals surface area contributed by atoms with E-state index in [9.17, 15) is 9.18 Å². The zero-order valence-corrected chi connectivity index (χ0v) is 14.0. The molecule has 5 nitrogen and oxygen atoms in total. The summed E-state index contributed by atoms with van der Waals surface area (Å²) in [6.45, 7) is 2.57. The summed E-state index contributed by atoms with van der Waals surface area (Å²) in [5.41, 5.74) is 1.68. The van der Waals surface area contributed by atoms with E-state index < -0.39 is 0 Å². The number of carbonyl (C=O) groups excluding carboxylic acids is 1. The third kappa shape index (κ3) is 4.00. The number of nitrogens with zero attached hydrogens (tertiary/aromatic N) is 2. The van der Waals surface area contributed by atoms with Crippen LogP contribution in [0, 0.1) is 5.82 Å². The Labute approximate surface area is 144 Å². The topological polar surface area (TPSA) is 66.9 Å². The second-order valence-electron chi connectivity index (χ2n) is 5.90. The first-order chi connectivity index (χ1) is 11.5. The second-order valence-corrected chi connectivity index (χ2v) is 6.28. The lowest BCUT2D eigenvalue weighted by Crippen LogP contribution is -2.33. The maximum atomic E-state index is 13.0. The van der Waals surface area contributed by atoms with Crippen molar-refractivity contribution in [3.63, 3.8) is 0 Å². The Morgan fingerprint density at radius 3 is 2.79 bits per heavy atom. The van der Waals surface area contributed by atoms with Crippen LogP contribution in [-0.4, -0.2) is 22.4 Å². The summed E-state index contributed by atoms with van der Waals surface area (Å²) in [7, 11) is 0. The fourth-order valence-electron chi connectivity index (χ4n) is 2.77. The lowest BCUT2D eigenvalue weighted by molar-refractivity contribution is -0.122. The van der Waals surface area contributed by atoms with Gasteiger partial charge < -0.3 is 10.6 Å². The second kappa shape index (κ2) is 7.13. The van der Waals surface area contributed by atoms with Gasteiger partial charge in [-0.05, 0) is 37.1 Å². The minimum atomic E-state index is -0.275. The average molecular weight is 349 g/mol. The van der Waals surface area contributed by atoms with Gasteiger partial charge in [0.2, 0.25) is 11.9 Å². The first-order valence-electron chi connectivity index (χ1n) is 7.84. The first kappa shape index (κ1) is 16.6. The molecular weight excluding hydrogens is 331 g/mol. The van der Waals surface area contributed by atoms with Gasteiger partial charge in [0, 0.05) is 18.9 Å². The number of halogens is 2. The standard InChI is InChI=1S/C17H18ClFN4O/c1-10(11-2-4-13(19)5-3-11)21-17-22-14(9-15(18)23-17)12-6-7-20-16(24)8-12/h2-5,9-10,12H,6-8H2,1H3,(H,20,24)(H,21,22,23)/t10-,12?/m0/s1. The van der Waals surface area contributed by atoms with Crippen LogP contribution < -0.4 is 10.6 Å². The number of hydrogen-bond acceptors (Lipinski definition) is 4. The quantitative estimate of drug-likeness (QED) is 0.831. The van der Waals surface area contributed by atoms with Crippen molar-refractivity contribution in [3.05, 3.63) is 52.6 Å². The third-order valence-corrected chi connectivity index (χ3v) is 4.29. The van der Waals surface area contributed by atoms with Crippen molar-refractivity contribution in [2.24, 2.45) is 0 Å². The molecule has 1 unspecified atom stereocenters. The van der Waals surface area contributed by atoms with Gasteiger partial charge in [-0.25, -0.2) is 14.4 Å². The van der Waals surface area contributed by atoms with Crippen LogP contribution in [0.25, 0.3) is 0 Å². The average Bonchev–Trinajstić information content (AvgIpc) is 2.55. The maximum absolute atomic E-state index is 13.0. The van der Waals surface area contributed by atoms with E-state index in [2.05, 4.69) is 20.6 Å². The van der Waals surface area contributed by atoms with Gasteiger partial charge in [0.25, 0.3) is 0 Å². The van der Waals surface area contributed by atoms with Gasteiger partial charge >= 0.3 is 0 Å². The summed E-state index contributed by atoms with van der Waals surface area (Å²) in [4.78, 5) is 20.3. The summed E-state index contributed by atoms with van der Waals surface area (Å²) in [6, 6.07) is 7.86. The van der Waals surface area contributed by atoms with E-state index >= 15 is 0 Å². The molecule has 0 bridgehead atoms. The Balaban J connectivity index is 1.78. The van der Waals surface area contributed by atoms with Gasteiger partial charge in [0.1, 0.15) is 11.0 Å². The highest BCUT2D eigenvalue weighted by Gasteiger charge is 2.23. The molecule has 2 N–H and O–H groups in total. The molecule has 0 radical (unpaired) electrons. The number of nitrogens with one attached hydrogen (secondary N) is 2. The van der Waals surface area contributed by atoms with Crippen molar-refractivity contribution in [1.29, 1.82) is 0 Å². The van der Waals surface area contributed by atoms with Crippen molar-refractivity contribution in [3.8, 4) is 0 Å². The minimum absolute atomic E-state index is 0.0233. The van der Waals surface area contributed by atoms with Crippen LogP contribution in [0.15, 0.2) is 30.3 Å². The molecule has 2 heterocycles. The molecule has 1 saturated heterocycles. The predicted molar refractivity (Wildman–Crippen MR) is 90.5 cm³/mol. The SMILES string of the molecule is C[C@H](Nc1nc(Cl)cc(C2CCNC(=O)C2)n1)c1ccc(F)cc1. The lowest BCUT2D eigenvalue weighted by atomic mass is 9.94. The Bertz CT molecular complexity index is 738. The zero-order chi connectivity index (χ0) is 17.1. The molecule has 7 heteroatoms. The number of rotatable bonds is 4. The van der Waals surface area contributed by atoms with Crippen molar-refractivity contribution in [1.82, 2.24) is 15.3 Å². The van der Waals surface area contributed by atoms with E-state index in [1.165, 1.54) is 12.1 Å².